The second kappa shape index (κ2) is 8.68. The molecular weight excluding hydrogens is 426 g/mol. The third-order valence-electron chi connectivity index (χ3n) is 4.82. The molecule has 1 aromatic heterocycles. The summed E-state index contributed by atoms with van der Waals surface area (Å²) in [4.78, 5) is 17.9. The molecule has 1 amide bonds. The van der Waals surface area contributed by atoms with Crippen molar-refractivity contribution < 1.29 is 30.8 Å². The van der Waals surface area contributed by atoms with Gasteiger partial charge in [-0.2, -0.15) is 13.2 Å². The Hall–Kier alpha value is -2.53. The first kappa shape index (κ1) is 22.2. The van der Waals surface area contributed by atoms with Crippen molar-refractivity contribution in [2.24, 2.45) is 0 Å². The SMILES string of the molecule is O=C(NC1CCN(Cc2ccc(F)cc2)CC1)c1cccnc1S(=O)(=O)C(F)(F)F. The van der Waals surface area contributed by atoms with E-state index in [1.54, 1.807) is 12.1 Å². The number of benzene rings is 1. The molecule has 0 unspecified atom stereocenters. The van der Waals surface area contributed by atoms with Crippen LogP contribution in [0.5, 0.6) is 0 Å². The van der Waals surface area contributed by atoms with Crippen LogP contribution in [0.15, 0.2) is 47.6 Å². The number of pyridine rings is 1. The van der Waals surface area contributed by atoms with Crippen molar-refractivity contribution in [2.45, 2.75) is 36.0 Å². The number of hydrogen-bond donors (Lipinski definition) is 1. The zero-order valence-electron chi connectivity index (χ0n) is 15.7. The molecule has 0 atom stereocenters. The van der Waals surface area contributed by atoms with Crippen molar-refractivity contribution in [1.29, 1.82) is 0 Å². The number of alkyl halides is 3. The molecule has 0 aliphatic carbocycles. The second-order valence-electron chi connectivity index (χ2n) is 6.96. The van der Waals surface area contributed by atoms with Crippen molar-refractivity contribution in [3.05, 3.63) is 59.5 Å². The predicted octanol–water partition coefficient (Wildman–Crippen LogP) is 2.91. The van der Waals surface area contributed by atoms with Crippen LogP contribution in [0.1, 0.15) is 28.8 Å². The topological polar surface area (TPSA) is 79.4 Å². The molecule has 1 saturated heterocycles. The summed E-state index contributed by atoms with van der Waals surface area (Å²) in [5.74, 6) is -1.23. The number of aromatic nitrogens is 1. The van der Waals surface area contributed by atoms with Crippen LogP contribution in [0.2, 0.25) is 0 Å². The highest BCUT2D eigenvalue weighted by Crippen LogP contribution is 2.31. The fourth-order valence-electron chi connectivity index (χ4n) is 3.23. The first-order valence-electron chi connectivity index (χ1n) is 9.12. The van der Waals surface area contributed by atoms with E-state index in [1.165, 1.54) is 18.2 Å². The summed E-state index contributed by atoms with van der Waals surface area (Å²) >= 11 is 0. The van der Waals surface area contributed by atoms with Gasteiger partial charge in [-0.25, -0.2) is 17.8 Å². The lowest BCUT2D eigenvalue weighted by Crippen LogP contribution is -2.44. The van der Waals surface area contributed by atoms with Crippen molar-refractivity contribution in [3.8, 4) is 0 Å². The van der Waals surface area contributed by atoms with Crippen molar-refractivity contribution in [2.75, 3.05) is 13.1 Å². The lowest BCUT2D eigenvalue weighted by molar-refractivity contribution is -0.0438. The van der Waals surface area contributed by atoms with Gasteiger partial charge in [0.05, 0.1) is 5.56 Å². The molecule has 0 saturated carbocycles. The normalized spacial score (nSPS) is 16.4. The summed E-state index contributed by atoms with van der Waals surface area (Å²) < 4.78 is 75.0. The lowest BCUT2D eigenvalue weighted by atomic mass is 10.0. The summed E-state index contributed by atoms with van der Waals surface area (Å²) in [5, 5.41) is 1.30. The Morgan fingerprint density at radius 2 is 1.77 bits per heavy atom. The highest BCUT2D eigenvalue weighted by Gasteiger charge is 2.49. The molecule has 1 fully saturated rings. The summed E-state index contributed by atoms with van der Waals surface area (Å²) in [5.41, 5.74) is -5.25. The van der Waals surface area contributed by atoms with Gasteiger partial charge >= 0.3 is 5.51 Å². The Balaban J connectivity index is 1.62. The maximum Gasteiger partial charge on any atom is 0.503 e. The van der Waals surface area contributed by atoms with Crippen molar-refractivity contribution in [1.82, 2.24) is 15.2 Å². The van der Waals surface area contributed by atoms with Crippen LogP contribution in [0, 0.1) is 5.82 Å². The van der Waals surface area contributed by atoms with Crippen molar-refractivity contribution in [3.63, 3.8) is 0 Å². The highest BCUT2D eigenvalue weighted by atomic mass is 32.2. The Labute approximate surface area is 170 Å². The average Bonchev–Trinajstić information content (AvgIpc) is 2.70. The maximum atomic E-state index is 13.0. The van der Waals surface area contributed by atoms with Crippen LogP contribution in [-0.2, 0) is 16.4 Å². The minimum Gasteiger partial charge on any atom is -0.349 e. The molecule has 1 aliphatic heterocycles. The molecule has 1 N–H and O–H groups in total. The number of sulfone groups is 1. The fourth-order valence-corrected chi connectivity index (χ4v) is 4.10. The van der Waals surface area contributed by atoms with Gasteiger partial charge in [0.25, 0.3) is 15.7 Å². The molecule has 30 heavy (non-hydrogen) atoms. The first-order valence-corrected chi connectivity index (χ1v) is 10.6. The van der Waals surface area contributed by atoms with Gasteiger partial charge in [-0.3, -0.25) is 9.69 Å². The molecule has 3 rings (SSSR count). The number of piperidine rings is 1. The number of nitrogens with one attached hydrogen (secondary N) is 1. The molecule has 1 aromatic carbocycles. The van der Waals surface area contributed by atoms with Crippen LogP contribution in [0.25, 0.3) is 0 Å². The number of amides is 1. The zero-order valence-corrected chi connectivity index (χ0v) is 16.5. The monoisotopic (exact) mass is 445 g/mol. The average molecular weight is 445 g/mol. The smallest absolute Gasteiger partial charge is 0.349 e. The van der Waals surface area contributed by atoms with E-state index in [9.17, 15) is 30.8 Å². The number of hydrogen-bond acceptors (Lipinski definition) is 5. The van der Waals surface area contributed by atoms with Gasteiger partial charge in [-0.1, -0.05) is 12.1 Å². The number of carbonyl (C=O) groups excluding carboxylic acids is 1. The van der Waals surface area contributed by atoms with Gasteiger partial charge in [0.1, 0.15) is 5.82 Å². The molecule has 1 aliphatic rings. The first-order chi connectivity index (χ1) is 14.1. The van der Waals surface area contributed by atoms with E-state index < -0.39 is 31.8 Å². The minimum atomic E-state index is -5.75. The Morgan fingerprint density at radius 3 is 2.37 bits per heavy atom. The molecule has 11 heteroatoms. The number of likely N-dealkylation sites (tertiary alicyclic amines) is 1. The van der Waals surface area contributed by atoms with Gasteiger partial charge < -0.3 is 5.32 Å². The number of carbonyl (C=O) groups is 1. The third-order valence-corrected chi connectivity index (χ3v) is 6.26. The van der Waals surface area contributed by atoms with Crippen LogP contribution in [-0.4, -0.2) is 48.8 Å². The Kier molecular flexibility index (Phi) is 6.41. The summed E-state index contributed by atoms with van der Waals surface area (Å²) in [6, 6.07) is 8.03. The maximum absolute atomic E-state index is 13.0. The Morgan fingerprint density at radius 1 is 1.13 bits per heavy atom. The van der Waals surface area contributed by atoms with Gasteiger partial charge in [0.15, 0.2) is 5.03 Å². The minimum absolute atomic E-state index is 0.316. The van der Waals surface area contributed by atoms with Gasteiger partial charge in [-0.05, 0) is 42.7 Å². The lowest BCUT2D eigenvalue weighted by Gasteiger charge is -2.32. The number of halogens is 4. The van der Waals surface area contributed by atoms with Crippen LogP contribution >= 0.6 is 0 Å². The fraction of sp³-hybridized carbons (Fsp3) is 0.368. The quantitative estimate of drug-likeness (QED) is 0.716. The summed E-state index contributed by atoms with van der Waals surface area (Å²) in [7, 11) is -5.75. The molecular formula is C19H19F4N3O3S. The summed E-state index contributed by atoms with van der Waals surface area (Å²) in [6.45, 7) is 1.84. The summed E-state index contributed by atoms with van der Waals surface area (Å²) in [6.07, 6.45) is 1.96. The molecule has 0 bridgehead atoms. The molecule has 2 aromatic rings. The molecule has 162 valence electrons. The highest BCUT2D eigenvalue weighted by molar-refractivity contribution is 7.92. The van der Waals surface area contributed by atoms with Crippen LogP contribution < -0.4 is 5.32 Å². The van der Waals surface area contributed by atoms with Crippen LogP contribution in [0.4, 0.5) is 17.6 Å². The van der Waals surface area contributed by atoms with E-state index in [2.05, 4.69) is 15.2 Å². The molecule has 6 nitrogen and oxygen atoms in total. The van der Waals surface area contributed by atoms with E-state index in [4.69, 9.17) is 0 Å². The Bertz CT molecular complexity index is 1000. The molecule has 0 spiro atoms. The van der Waals surface area contributed by atoms with E-state index in [1.807, 2.05) is 0 Å². The number of nitrogens with zero attached hydrogens (tertiary/aromatic N) is 2. The molecule has 2 heterocycles. The third kappa shape index (κ3) is 4.96. The van der Waals surface area contributed by atoms with Gasteiger partial charge in [-0.15, -0.1) is 0 Å². The van der Waals surface area contributed by atoms with E-state index >= 15 is 0 Å². The van der Waals surface area contributed by atoms with Crippen LogP contribution in [0.3, 0.4) is 0 Å². The standard InChI is InChI=1S/C19H19F4N3O3S/c20-14-5-3-13(4-6-14)12-26-10-7-15(8-11-26)25-17(27)16-2-1-9-24-18(16)30(28,29)19(21,22)23/h1-6,9,15H,7-8,10-12H2,(H,25,27). The van der Waals surface area contributed by atoms with Gasteiger partial charge in [0, 0.05) is 31.9 Å². The largest absolute Gasteiger partial charge is 0.503 e. The van der Waals surface area contributed by atoms with E-state index in [0.29, 0.717) is 32.5 Å². The zero-order chi connectivity index (χ0) is 21.9. The van der Waals surface area contributed by atoms with Gasteiger partial charge in [0.2, 0.25) is 0 Å². The number of rotatable bonds is 5. The second-order valence-corrected chi connectivity index (χ2v) is 8.81. The van der Waals surface area contributed by atoms with Crippen molar-refractivity contribution >= 4 is 15.7 Å². The van der Waals surface area contributed by atoms with E-state index in [-0.39, 0.29) is 11.9 Å². The van der Waals surface area contributed by atoms with E-state index in [0.717, 1.165) is 17.8 Å². The predicted molar refractivity (Wildman–Crippen MR) is 99.6 cm³/mol. The molecule has 0 radical (unpaired) electrons.